The van der Waals surface area contributed by atoms with E-state index in [1.54, 1.807) is 0 Å². The summed E-state index contributed by atoms with van der Waals surface area (Å²) in [5.41, 5.74) is 5.80. The molecule has 5 heteroatoms. The number of aryl methyl sites for hydroxylation is 1. The van der Waals surface area contributed by atoms with Crippen LogP contribution in [0.3, 0.4) is 0 Å². The molecule has 2 heterocycles. The van der Waals surface area contributed by atoms with E-state index in [1.165, 1.54) is 11.1 Å². The third kappa shape index (κ3) is 4.44. The molecule has 1 atom stereocenters. The molecule has 1 aromatic heterocycles. The van der Waals surface area contributed by atoms with Gasteiger partial charge in [-0.25, -0.2) is 0 Å². The number of hydrogen-bond donors (Lipinski definition) is 2. The van der Waals surface area contributed by atoms with Gasteiger partial charge in [-0.2, -0.15) is 0 Å². The van der Waals surface area contributed by atoms with Crippen LogP contribution in [0.5, 0.6) is 11.5 Å². The molecule has 0 radical (unpaired) electrons. The van der Waals surface area contributed by atoms with E-state index >= 15 is 0 Å². The molecule has 1 amide bonds. The summed E-state index contributed by atoms with van der Waals surface area (Å²) in [4.78, 5) is 16.5. The Labute approximate surface area is 193 Å². The van der Waals surface area contributed by atoms with E-state index < -0.39 is 0 Å². The van der Waals surface area contributed by atoms with Crippen molar-refractivity contribution < 1.29 is 14.3 Å². The Balaban J connectivity index is 1.42. The fourth-order valence-electron chi connectivity index (χ4n) is 4.61. The summed E-state index contributed by atoms with van der Waals surface area (Å²) in [6.07, 6.45) is 4.17. The van der Waals surface area contributed by atoms with Crippen molar-refractivity contribution in [2.75, 3.05) is 13.3 Å². The minimum atomic E-state index is -0.0999. The molecule has 0 saturated carbocycles. The molecule has 0 aliphatic carbocycles. The van der Waals surface area contributed by atoms with E-state index in [-0.39, 0.29) is 18.6 Å². The summed E-state index contributed by atoms with van der Waals surface area (Å²) in [7, 11) is 0. The Morgan fingerprint density at radius 2 is 1.88 bits per heavy atom. The first-order chi connectivity index (χ1) is 16.2. The van der Waals surface area contributed by atoms with Crippen LogP contribution in [0.4, 0.5) is 0 Å². The first-order valence-corrected chi connectivity index (χ1v) is 11.5. The van der Waals surface area contributed by atoms with Crippen LogP contribution in [0.2, 0.25) is 0 Å². The maximum atomic E-state index is 13.0. The van der Waals surface area contributed by atoms with E-state index in [2.05, 4.69) is 53.8 Å². The molecule has 0 saturated heterocycles. The lowest BCUT2D eigenvalue weighted by molar-refractivity contribution is -0.121. The van der Waals surface area contributed by atoms with Crippen LogP contribution in [0.1, 0.15) is 41.5 Å². The van der Waals surface area contributed by atoms with E-state index in [4.69, 9.17) is 9.47 Å². The van der Waals surface area contributed by atoms with Gasteiger partial charge in [0.05, 0.1) is 0 Å². The lowest BCUT2D eigenvalue weighted by atomic mass is 9.87. The van der Waals surface area contributed by atoms with Crippen LogP contribution in [-0.4, -0.2) is 24.2 Å². The lowest BCUT2D eigenvalue weighted by Crippen LogP contribution is -2.27. The van der Waals surface area contributed by atoms with Crippen molar-refractivity contribution in [3.8, 4) is 11.5 Å². The first kappa shape index (κ1) is 21.1. The molecule has 2 N–H and O–H groups in total. The average Bonchev–Trinajstić information content (AvgIpc) is 3.50. The van der Waals surface area contributed by atoms with Crippen LogP contribution >= 0.6 is 0 Å². The van der Waals surface area contributed by atoms with E-state index in [0.717, 1.165) is 46.4 Å². The largest absolute Gasteiger partial charge is 0.454 e. The molecule has 5 nitrogen and oxygen atoms in total. The number of aromatic nitrogens is 1. The quantitative estimate of drug-likeness (QED) is 0.389. The Hall–Kier alpha value is -3.73. The predicted molar refractivity (Wildman–Crippen MR) is 130 cm³/mol. The second-order valence-electron chi connectivity index (χ2n) is 8.39. The Morgan fingerprint density at radius 1 is 1.03 bits per heavy atom. The molecule has 4 aromatic rings. The van der Waals surface area contributed by atoms with Gasteiger partial charge in [-0.15, -0.1) is 0 Å². The fraction of sp³-hybridized carbons (Fsp3) is 0.250. The minimum Gasteiger partial charge on any atom is -0.454 e. The Morgan fingerprint density at radius 3 is 2.73 bits per heavy atom. The van der Waals surface area contributed by atoms with Crippen LogP contribution < -0.4 is 14.8 Å². The van der Waals surface area contributed by atoms with E-state index in [0.29, 0.717) is 13.0 Å². The maximum absolute atomic E-state index is 13.0. The van der Waals surface area contributed by atoms with Gasteiger partial charge in [0.1, 0.15) is 0 Å². The second kappa shape index (κ2) is 9.41. The predicted octanol–water partition coefficient (Wildman–Crippen LogP) is 5.34. The monoisotopic (exact) mass is 440 g/mol. The van der Waals surface area contributed by atoms with Crippen LogP contribution in [0, 0.1) is 0 Å². The number of aromatic amines is 1. The summed E-state index contributed by atoms with van der Waals surface area (Å²) in [5.74, 6) is 1.42. The smallest absolute Gasteiger partial charge is 0.231 e. The van der Waals surface area contributed by atoms with E-state index in [1.807, 2.05) is 36.4 Å². The third-order valence-electron chi connectivity index (χ3n) is 6.36. The zero-order chi connectivity index (χ0) is 22.6. The molecule has 0 spiro atoms. The molecule has 0 unspecified atom stereocenters. The maximum Gasteiger partial charge on any atom is 0.231 e. The highest BCUT2D eigenvalue weighted by Gasteiger charge is 2.24. The highest BCUT2D eigenvalue weighted by molar-refractivity contribution is 5.88. The van der Waals surface area contributed by atoms with Gasteiger partial charge in [0.15, 0.2) is 11.5 Å². The number of carbonyl (C=O) groups excluding carboxylic acids is 1. The molecule has 1 aliphatic rings. The zero-order valence-corrected chi connectivity index (χ0v) is 18.8. The second-order valence-corrected chi connectivity index (χ2v) is 8.39. The summed E-state index contributed by atoms with van der Waals surface area (Å²) in [5, 5.41) is 4.27. The third-order valence-corrected chi connectivity index (χ3v) is 6.36. The number of fused-ring (bicyclic) bond motifs is 2. The van der Waals surface area contributed by atoms with Crippen molar-refractivity contribution >= 4 is 16.8 Å². The summed E-state index contributed by atoms with van der Waals surface area (Å²) < 4.78 is 11.1. The number of ether oxygens (including phenoxy) is 2. The first-order valence-electron chi connectivity index (χ1n) is 11.5. The summed E-state index contributed by atoms with van der Waals surface area (Å²) in [6.45, 7) is 3.01. The number of nitrogens with one attached hydrogen (secondary N) is 2. The van der Waals surface area contributed by atoms with Gasteiger partial charge in [0, 0.05) is 36.0 Å². The molecule has 0 fully saturated rings. The van der Waals surface area contributed by atoms with Gasteiger partial charge in [0.25, 0.3) is 0 Å². The van der Waals surface area contributed by atoms with Crippen LogP contribution in [0.15, 0.2) is 72.9 Å². The lowest BCUT2D eigenvalue weighted by Gasteiger charge is -2.18. The molecule has 168 valence electrons. The highest BCUT2D eigenvalue weighted by Crippen LogP contribution is 2.39. The molecule has 33 heavy (non-hydrogen) atoms. The van der Waals surface area contributed by atoms with Crippen LogP contribution in [0.25, 0.3) is 10.9 Å². The Bertz CT molecular complexity index is 1260. The molecule has 5 rings (SSSR count). The number of hydrogen-bond acceptors (Lipinski definition) is 3. The molecule has 0 bridgehead atoms. The summed E-state index contributed by atoms with van der Waals surface area (Å²) >= 11 is 0. The van der Waals surface area contributed by atoms with Gasteiger partial charge in [-0.05, 0) is 47.2 Å². The number of amides is 1. The summed E-state index contributed by atoms with van der Waals surface area (Å²) in [6, 6.07) is 22.6. The number of carbonyl (C=O) groups is 1. The normalized spacial score (nSPS) is 13.2. The van der Waals surface area contributed by atoms with Crippen molar-refractivity contribution in [2.24, 2.45) is 0 Å². The average molecular weight is 441 g/mol. The van der Waals surface area contributed by atoms with Gasteiger partial charge < -0.3 is 19.8 Å². The van der Waals surface area contributed by atoms with Gasteiger partial charge >= 0.3 is 0 Å². The Kier molecular flexibility index (Phi) is 6.03. The fourth-order valence-corrected chi connectivity index (χ4v) is 4.61. The van der Waals surface area contributed by atoms with E-state index in [9.17, 15) is 4.79 Å². The molecular weight excluding hydrogens is 412 g/mol. The molecule has 1 aliphatic heterocycles. The number of benzene rings is 3. The highest BCUT2D eigenvalue weighted by atomic mass is 16.7. The van der Waals surface area contributed by atoms with Crippen molar-refractivity contribution in [3.63, 3.8) is 0 Å². The van der Waals surface area contributed by atoms with Gasteiger partial charge in [-0.3, -0.25) is 4.79 Å². The molecular formula is C28H28N2O3. The van der Waals surface area contributed by atoms with Gasteiger partial charge in [0.2, 0.25) is 12.7 Å². The van der Waals surface area contributed by atoms with Crippen molar-refractivity contribution in [1.29, 1.82) is 0 Å². The van der Waals surface area contributed by atoms with Crippen molar-refractivity contribution in [3.05, 3.63) is 95.2 Å². The van der Waals surface area contributed by atoms with Crippen molar-refractivity contribution in [1.82, 2.24) is 10.3 Å². The number of para-hydroxylation sites is 1. The van der Waals surface area contributed by atoms with Crippen LogP contribution in [-0.2, 0) is 17.6 Å². The minimum absolute atomic E-state index is 0.0367. The number of H-pyrrole nitrogens is 1. The standard InChI is InChI=1S/C28H28N2O3/c1-2-20-9-6-10-22-24(17-30-28(20)22)23(21-11-12-25-26(15-21)33-18-32-25)16-27(31)29-14-13-19-7-4-3-5-8-19/h3-12,15,17,23,30H,2,13-14,16,18H2,1H3,(H,29,31)/t23-/m1/s1. The van der Waals surface area contributed by atoms with Crippen molar-refractivity contribution in [2.45, 2.75) is 32.1 Å². The number of rotatable bonds is 8. The van der Waals surface area contributed by atoms with Gasteiger partial charge in [-0.1, -0.05) is 61.5 Å². The topological polar surface area (TPSA) is 63.4 Å². The SMILES string of the molecule is CCc1cccc2c([C@H](CC(=O)NCCc3ccccc3)c3ccc4c(c3)OCO4)c[nH]c12. The molecule has 3 aromatic carbocycles. The zero-order valence-electron chi connectivity index (χ0n) is 18.8.